The second-order valence-electron chi connectivity index (χ2n) is 5.60. The molecule has 0 saturated carbocycles. The highest BCUT2D eigenvalue weighted by atomic mass is 31.3. The molecule has 1 unspecified atom stereocenters. The summed E-state index contributed by atoms with van der Waals surface area (Å²) in [6.45, 7) is 7.96. The Morgan fingerprint density at radius 3 is 2.12 bits per heavy atom. The van der Waals surface area contributed by atoms with Crippen LogP contribution in [0.5, 0.6) is 0 Å². The molecule has 0 aliphatic heterocycles. The molecule has 138 valence electrons. The van der Waals surface area contributed by atoms with Crippen LogP contribution in [0.1, 0.15) is 53.4 Å². The van der Waals surface area contributed by atoms with Gasteiger partial charge in [-0.05, 0) is 59.0 Å². The van der Waals surface area contributed by atoms with Crippen LogP contribution >= 0.6 is 15.6 Å². The maximum absolute atomic E-state index is 11.2. The van der Waals surface area contributed by atoms with Gasteiger partial charge in [0.1, 0.15) is 6.26 Å². The minimum Gasteiger partial charge on any atom is -0.403 e. The first-order valence-corrected chi connectivity index (χ1v) is 10.4. The van der Waals surface area contributed by atoms with Gasteiger partial charge in [-0.3, -0.25) is 4.89 Å². The van der Waals surface area contributed by atoms with Gasteiger partial charge in [0.05, 0.1) is 0 Å². The molecule has 3 N–H and O–H groups in total. The van der Waals surface area contributed by atoms with Gasteiger partial charge in [-0.15, -0.1) is 0 Å². The van der Waals surface area contributed by atoms with Crippen molar-refractivity contribution in [3.05, 3.63) is 40.9 Å². The molecule has 0 aromatic carbocycles. The van der Waals surface area contributed by atoms with Crippen molar-refractivity contribution in [1.82, 2.24) is 0 Å². The van der Waals surface area contributed by atoms with Crippen LogP contribution in [0, 0.1) is 0 Å². The van der Waals surface area contributed by atoms with Gasteiger partial charge in [0.25, 0.3) is 0 Å². The lowest BCUT2D eigenvalue weighted by Crippen LogP contribution is -1.88. The molecule has 0 bridgehead atoms. The summed E-state index contributed by atoms with van der Waals surface area (Å²) < 4.78 is 29.6. The van der Waals surface area contributed by atoms with Crippen LogP contribution in [0.25, 0.3) is 0 Å². The monoisotopic (exact) mass is 380 g/mol. The molecule has 0 heterocycles. The molecule has 0 aliphatic rings. The Balaban J connectivity index is 4.38. The molecule has 0 aromatic heterocycles. The van der Waals surface area contributed by atoms with Crippen molar-refractivity contribution in [3.8, 4) is 0 Å². The molecule has 0 spiro atoms. The standard InChI is InChI=1S/C15H26O7P2/c1-13(2)7-5-8-14(3)9-6-10-15(4)11-12-21-24(19,20)22-23(16,17)18/h7,9,12H,5-6,8,10H2,1-4H3,(H,19,20)(H2,16,17,18)/b14-9-. The highest BCUT2D eigenvalue weighted by molar-refractivity contribution is 7.60. The summed E-state index contributed by atoms with van der Waals surface area (Å²) in [5, 5.41) is 0. The predicted octanol–water partition coefficient (Wildman–Crippen LogP) is 4.74. The van der Waals surface area contributed by atoms with E-state index in [1.807, 2.05) is 0 Å². The second kappa shape index (κ2) is 10.9. The summed E-state index contributed by atoms with van der Waals surface area (Å²) in [6.07, 6.45) is 8.57. The van der Waals surface area contributed by atoms with Gasteiger partial charge in [-0.2, -0.15) is 4.31 Å². The van der Waals surface area contributed by atoms with Crippen molar-refractivity contribution in [2.75, 3.05) is 0 Å². The number of phosphoric acid groups is 2. The maximum atomic E-state index is 11.2. The molecule has 0 aromatic rings. The predicted molar refractivity (Wildman–Crippen MR) is 93.0 cm³/mol. The number of phosphoric ester groups is 1. The smallest absolute Gasteiger partial charge is 0.403 e. The van der Waals surface area contributed by atoms with E-state index in [1.165, 1.54) is 11.1 Å². The Kier molecular flexibility index (Phi) is 10.5. The summed E-state index contributed by atoms with van der Waals surface area (Å²) in [5.74, 6) is 0. The molecule has 0 saturated heterocycles. The van der Waals surface area contributed by atoms with Crippen LogP contribution in [0.2, 0.25) is 0 Å². The topological polar surface area (TPSA) is 113 Å². The van der Waals surface area contributed by atoms with E-state index in [2.05, 4.69) is 47.5 Å². The van der Waals surface area contributed by atoms with Crippen LogP contribution in [-0.4, -0.2) is 14.7 Å². The lowest BCUT2D eigenvalue weighted by atomic mass is 10.1. The van der Waals surface area contributed by atoms with Gasteiger partial charge >= 0.3 is 15.6 Å². The first-order valence-electron chi connectivity index (χ1n) is 7.39. The van der Waals surface area contributed by atoms with Crippen LogP contribution in [0.3, 0.4) is 0 Å². The SMILES string of the molecule is CC(=C=COP(=O)(O)OP(=O)(O)O)CC/C=C(/C)CCC=C(C)C. The molecule has 0 rings (SSSR count). The molecule has 0 amide bonds. The summed E-state index contributed by atoms with van der Waals surface area (Å²) in [6, 6.07) is 0. The second-order valence-corrected chi connectivity index (χ2v) is 8.38. The quantitative estimate of drug-likeness (QED) is 0.217. The van der Waals surface area contributed by atoms with Crippen molar-refractivity contribution in [3.63, 3.8) is 0 Å². The Morgan fingerprint density at radius 2 is 1.58 bits per heavy atom. The van der Waals surface area contributed by atoms with Gasteiger partial charge in [-0.25, -0.2) is 9.13 Å². The third-order valence-electron chi connectivity index (χ3n) is 2.80. The van der Waals surface area contributed by atoms with Crippen molar-refractivity contribution in [2.45, 2.75) is 53.4 Å². The molecule has 24 heavy (non-hydrogen) atoms. The minimum atomic E-state index is -5.10. The van der Waals surface area contributed by atoms with Gasteiger partial charge in [0, 0.05) is 0 Å². The fourth-order valence-electron chi connectivity index (χ4n) is 1.65. The minimum absolute atomic E-state index is 0.676. The number of hydrogen-bond donors (Lipinski definition) is 3. The van der Waals surface area contributed by atoms with Crippen molar-refractivity contribution < 1.29 is 32.6 Å². The number of allylic oxidation sites excluding steroid dienone is 5. The first-order chi connectivity index (χ1) is 10.9. The molecular weight excluding hydrogens is 354 g/mol. The Labute approximate surface area is 143 Å². The number of hydrogen-bond acceptors (Lipinski definition) is 4. The van der Waals surface area contributed by atoms with Crippen LogP contribution in [0.15, 0.2) is 40.9 Å². The van der Waals surface area contributed by atoms with Gasteiger partial charge in [-0.1, -0.05) is 29.0 Å². The summed E-state index contributed by atoms with van der Waals surface area (Å²) >= 11 is 0. The van der Waals surface area contributed by atoms with E-state index in [0.717, 1.165) is 31.1 Å². The van der Waals surface area contributed by atoms with Crippen molar-refractivity contribution >= 4 is 15.6 Å². The van der Waals surface area contributed by atoms with Gasteiger partial charge < -0.3 is 14.3 Å². The van der Waals surface area contributed by atoms with E-state index in [1.54, 1.807) is 6.92 Å². The van der Waals surface area contributed by atoms with Crippen LogP contribution < -0.4 is 0 Å². The molecule has 0 fully saturated rings. The van der Waals surface area contributed by atoms with E-state index in [9.17, 15) is 9.13 Å². The summed E-state index contributed by atoms with van der Waals surface area (Å²) in [4.78, 5) is 26.0. The fraction of sp³-hybridized carbons (Fsp3) is 0.533. The highest BCUT2D eigenvalue weighted by Gasteiger charge is 2.32. The lowest BCUT2D eigenvalue weighted by Gasteiger charge is -2.09. The van der Waals surface area contributed by atoms with E-state index >= 15 is 0 Å². The molecule has 9 heteroatoms. The Bertz CT molecular complexity index is 618. The molecule has 0 radical (unpaired) electrons. The largest absolute Gasteiger partial charge is 0.536 e. The average molecular weight is 380 g/mol. The lowest BCUT2D eigenvalue weighted by molar-refractivity contribution is 0.217. The first kappa shape index (κ1) is 23.1. The zero-order valence-electron chi connectivity index (χ0n) is 14.4. The van der Waals surface area contributed by atoms with E-state index in [-0.39, 0.29) is 0 Å². The summed E-state index contributed by atoms with van der Waals surface area (Å²) in [7, 11) is -9.94. The van der Waals surface area contributed by atoms with Gasteiger partial charge in [0.15, 0.2) is 0 Å². The molecule has 0 aliphatic carbocycles. The fourth-order valence-corrected chi connectivity index (χ4v) is 3.06. The van der Waals surface area contributed by atoms with Crippen LogP contribution in [-0.2, 0) is 18.0 Å². The maximum Gasteiger partial charge on any atom is 0.536 e. The molecular formula is C15H26O7P2. The third kappa shape index (κ3) is 14.7. The van der Waals surface area contributed by atoms with Gasteiger partial charge in [0.2, 0.25) is 0 Å². The Hall–Kier alpha value is -0.900. The highest BCUT2D eigenvalue weighted by Crippen LogP contribution is 2.57. The molecule has 7 nitrogen and oxygen atoms in total. The van der Waals surface area contributed by atoms with Crippen LogP contribution in [0.4, 0.5) is 0 Å². The van der Waals surface area contributed by atoms with Crippen molar-refractivity contribution in [1.29, 1.82) is 0 Å². The van der Waals surface area contributed by atoms with E-state index < -0.39 is 15.6 Å². The Morgan fingerprint density at radius 1 is 1.00 bits per heavy atom. The van der Waals surface area contributed by atoms with E-state index in [0.29, 0.717) is 6.42 Å². The molecule has 1 atom stereocenters. The van der Waals surface area contributed by atoms with E-state index in [4.69, 9.17) is 14.7 Å². The third-order valence-corrected chi connectivity index (χ3v) is 4.85. The average Bonchev–Trinajstić information content (AvgIpc) is 2.34. The normalized spacial score (nSPS) is 14.4. The van der Waals surface area contributed by atoms with Crippen molar-refractivity contribution in [2.24, 2.45) is 0 Å². The number of rotatable bonds is 10. The summed E-state index contributed by atoms with van der Waals surface area (Å²) in [5.41, 5.74) is 5.97. The zero-order valence-corrected chi connectivity index (χ0v) is 16.2. The zero-order chi connectivity index (χ0) is 18.8.